The molecule has 20 heavy (non-hydrogen) atoms. The first-order valence-electron chi connectivity index (χ1n) is 6.09. The van der Waals surface area contributed by atoms with Crippen LogP contribution in [0, 0.1) is 10.1 Å². The van der Waals surface area contributed by atoms with Crippen molar-refractivity contribution in [3.8, 4) is 5.75 Å². The van der Waals surface area contributed by atoms with Crippen LogP contribution >= 0.6 is 0 Å². The van der Waals surface area contributed by atoms with Crippen LogP contribution in [-0.2, 0) is 6.54 Å². The third kappa shape index (κ3) is 4.97. The van der Waals surface area contributed by atoms with Gasteiger partial charge < -0.3 is 10.1 Å². The minimum absolute atomic E-state index is 0.000249. The SMILES string of the molecule is C=C/C=C(\C=C(/C)NCc1ccc(OC)cc1)[N+](=O)[O-]. The van der Waals surface area contributed by atoms with E-state index >= 15 is 0 Å². The zero-order valence-electron chi connectivity index (χ0n) is 11.6. The number of benzene rings is 1. The fourth-order valence-corrected chi connectivity index (χ4v) is 1.54. The zero-order chi connectivity index (χ0) is 15.0. The first-order chi connectivity index (χ1) is 9.56. The molecule has 1 N–H and O–H groups in total. The molecule has 0 fully saturated rings. The van der Waals surface area contributed by atoms with Crippen LogP contribution in [0.15, 0.2) is 60.5 Å². The number of ether oxygens (including phenoxy) is 1. The molecule has 5 nitrogen and oxygen atoms in total. The average molecular weight is 274 g/mol. The molecule has 0 saturated heterocycles. The van der Waals surface area contributed by atoms with Crippen LogP contribution in [0.4, 0.5) is 0 Å². The number of nitrogens with zero attached hydrogens (tertiary/aromatic N) is 1. The summed E-state index contributed by atoms with van der Waals surface area (Å²) in [5.74, 6) is 0.797. The molecule has 0 aliphatic heterocycles. The van der Waals surface area contributed by atoms with E-state index < -0.39 is 4.92 Å². The van der Waals surface area contributed by atoms with Gasteiger partial charge in [-0.25, -0.2) is 0 Å². The molecule has 0 aromatic heterocycles. The third-order valence-corrected chi connectivity index (χ3v) is 2.59. The van der Waals surface area contributed by atoms with Gasteiger partial charge >= 0.3 is 0 Å². The highest BCUT2D eigenvalue weighted by Gasteiger charge is 2.05. The molecule has 0 saturated carbocycles. The van der Waals surface area contributed by atoms with Gasteiger partial charge in [-0.15, -0.1) is 0 Å². The zero-order valence-corrected chi connectivity index (χ0v) is 11.6. The van der Waals surface area contributed by atoms with Crippen molar-refractivity contribution in [2.75, 3.05) is 7.11 Å². The lowest BCUT2D eigenvalue weighted by molar-refractivity contribution is -0.419. The maximum Gasteiger partial charge on any atom is 0.271 e. The van der Waals surface area contributed by atoms with E-state index in [1.807, 2.05) is 24.3 Å². The van der Waals surface area contributed by atoms with Crippen molar-refractivity contribution in [3.63, 3.8) is 0 Å². The maximum atomic E-state index is 10.8. The van der Waals surface area contributed by atoms with Crippen molar-refractivity contribution in [2.24, 2.45) is 0 Å². The molecule has 0 amide bonds. The lowest BCUT2D eigenvalue weighted by atomic mass is 10.2. The minimum Gasteiger partial charge on any atom is -0.497 e. The average Bonchev–Trinajstić information content (AvgIpc) is 2.45. The molecule has 1 aromatic carbocycles. The molecule has 0 aliphatic rings. The Balaban J connectivity index is 2.65. The Morgan fingerprint density at radius 1 is 1.45 bits per heavy atom. The number of nitrogens with one attached hydrogen (secondary N) is 1. The molecular weight excluding hydrogens is 256 g/mol. The normalized spacial score (nSPS) is 11.9. The fraction of sp³-hybridized carbons (Fsp3) is 0.200. The summed E-state index contributed by atoms with van der Waals surface area (Å²) in [7, 11) is 1.62. The Bertz CT molecular complexity index is 531. The van der Waals surface area contributed by atoms with Crippen molar-refractivity contribution in [1.82, 2.24) is 5.32 Å². The molecule has 0 atom stereocenters. The molecule has 0 aliphatic carbocycles. The Hall–Kier alpha value is -2.56. The van der Waals surface area contributed by atoms with E-state index in [0.717, 1.165) is 11.3 Å². The lowest BCUT2D eigenvalue weighted by Gasteiger charge is -2.07. The van der Waals surface area contributed by atoms with Gasteiger partial charge in [0.15, 0.2) is 0 Å². The van der Waals surface area contributed by atoms with Gasteiger partial charge in [-0.1, -0.05) is 24.8 Å². The molecule has 0 radical (unpaired) electrons. The monoisotopic (exact) mass is 274 g/mol. The van der Waals surface area contributed by atoms with Gasteiger partial charge in [-0.05, 0) is 24.6 Å². The summed E-state index contributed by atoms with van der Waals surface area (Å²) in [6.45, 7) is 5.83. The highest BCUT2D eigenvalue weighted by molar-refractivity contribution is 5.27. The van der Waals surface area contributed by atoms with Gasteiger partial charge in [0.2, 0.25) is 0 Å². The summed E-state index contributed by atoms with van der Waals surface area (Å²) in [6.07, 6.45) is 4.23. The Morgan fingerprint density at radius 2 is 2.10 bits per heavy atom. The number of methoxy groups -OCH3 is 1. The summed E-state index contributed by atoms with van der Waals surface area (Å²) in [5, 5.41) is 13.9. The van der Waals surface area contributed by atoms with Crippen molar-refractivity contribution >= 4 is 0 Å². The van der Waals surface area contributed by atoms with E-state index in [4.69, 9.17) is 4.74 Å². The highest BCUT2D eigenvalue weighted by atomic mass is 16.6. The fourth-order valence-electron chi connectivity index (χ4n) is 1.54. The largest absolute Gasteiger partial charge is 0.497 e. The van der Waals surface area contributed by atoms with Crippen LogP contribution in [0.5, 0.6) is 5.75 Å². The van der Waals surface area contributed by atoms with E-state index in [1.165, 1.54) is 18.2 Å². The van der Waals surface area contributed by atoms with Crippen LogP contribution in [0.2, 0.25) is 0 Å². The molecule has 5 heteroatoms. The Labute approximate surface area is 118 Å². The minimum atomic E-state index is -0.444. The van der Waals surface area contributed by atoms with Crippen LogP contribution in [0.3, 0.4) is 0 Å². The van der Waals surface area contributed by atoms with Gasteiger partial charge in [0.25, 0.3) is 5.70 Å². The predicted molar refractivity (Wildman–Crippen MR) is 78.9 cm³/mol. The molecule has 0 spiro atoms. The van der Waals surface area contributed by atoms with Gasteiger partial charge in [0.05, 0.1) is 12.0 Å². The molecule has 0 bridgehead atoms. The number of allylic oxidation sites excluding steroid dienone is 4. The topological polar surface area (TPSA) is 64.4 Å². The van der Waals surface area contributed by atoms with E-state index in [0.29, 0.717) is 12.2 Å². The summed E-state index contributed by atoms with van der Waals surface area (Å²) in [4.78, 5) is 10.3. The van der Waals surface area contributed by atoms with Crippen LogP contribution in [-0.4, -0.2) is 12.0 Å². The summed E-state index contributed by atoms with van der Waals surface area (Å²) >= 11 is 0. The van der Waals surface area contributed by atoms with Crippen LogP contribution in [0.25, 0.3) is 0 Å². The summed E-state index contributed by atoms with van der Waals surface area (Å²) < 4.78 is 5.08. The van der Waals surface area contributed by atoms with E-state index in [2.05, 4.69) is 11.9 Å². The first kappa shape index (κ1) is 15.5. The van der Waals surface area contributed by atoms with Gasteiger partial charge in [-0.2, -0.15) is 0 Å². The molecule has 1 aromatic rings. The summed E-state index contributed by atoms with van der Waals surface area (Å²) in [5.41, 5.74) is 1.78. The quantitative estimate of drug-likeness (QED) is 0.471. The number of hydrogen-bond acceptors (Lipinski definition) is 4. The molecular formula is C15H18N2O3. The highest BCUT2D eigenvalue weighted by Crippen LogP contribution is 2.11. The molecule has 0 unspecified atom stereocenters. The molecule has 106 valence electrons. The van der Waals surface area contributed by atoms with Crippen molar-refractivity contribution < 1.29 is 9.66 Å². The van der Waals surface area contributed by atoms with Crippen molar-refractivity contribution in [2.45, 2.75) is 13.5 Å². The first-order valence-corrected chi connectivity index (χ1v) is 6.09. The van der Waals surface area contributed by atoms with E-state index in [9.17, 15) is 10.1 Å². The Kier molecular flexibility index (Phi) is 6.03. The second kappa shape index (κ2) is 7.78. The number of rotatable bonds is 7. The van der Waals surface area contributed by atoms with Crippen molar-refractivity contribution in [1.29, 1.82) is 0 Å². The smallest absolute Gasteiger partial charge is 0.271 e. The van der Waals surface area contributed by atoms with Gasteiger partial charge in [-0.3, -0.25) is 10.1 Å². The number of nitro groups is 1. The van der Waals surface area contributed by atoms with E-state index in [-0.39, 0.29) is 5.70 Å². The van der Waals surface area contributed by atoms with Crippen molar-refractivity contribution in [3.05, 3.63) is 76.1 Å². The van der Waals surface area contributed by atoms with Crippen LogP contribution in [0.1, 0.15) is 12.5 Å². The number of hydrogen-bond donors (Lipinski definition) is 1. The summed E-state index contributed by atoms with van der Waals surface area (Å²) in [6, 6.07) is 7.62. The molecule has 0 heterocycles. The molecule has 1 rings (SSSR count). The van der Waals surface area contributed by atoms with Gasteiger partial charge in [0.1, 0.15) is 5.75 Å². The standard InChI is InChI=1S/C15H18N2O3/c1-4-5-14(17(18)19)10-12(2)16-11-13-6-8-15(20-3)9-7-13/h4-10,16H,1,11H2,2-3H3/b12-10+,14-5+. The van der Waals surface area contributed by atoms with Gasteiger partial charge in [0, 0.05) is 24.4 Å². The second-order valence-corrected chi connectivity index (χ2v) is 4.11. The Morgan fingerprint density at radius 3 is 2.60 bits per heavy atom. The maximum absolute atomic E-state index is 10.8. The van der Waals surface area contributed by atoms with Crippen LogP contribution < -0.4 is 10.1 Å². The van der Waals surface area contributed by atoms with E-state index in [1.54, 1.807) is 14.0 Å². The third-order valence-electron chi connectivity index (χ3n) is 2.59. The lowest BCUT2D eigenvalue weighted by Crippen LogP contribution is -2.11. The predicted octanol–water partition coefficient (Wildman–Crippen LogP) is 3.04. The second-order valence-electron chi connectivity index (χ2n) is 4.11.